The number of pyridine rings is 4. The average Bonchev–Trinajstić information content (AvgIpc) is 1.77. The number of ether oxygens (including phenoxy) is 1. The molecule has 8 heterocycles. The number of hydrogen-bond donors (Lipinski definition) is 8. The number of amidine groups is 1. The van der Waals surface area contributed by atoms with Gasteiger partial charge in [-0.05, 0) is 194 Å². The molecule has 6 aromatic heterocycles. The first-order valence-electron chi connectivity index (χ1n) is 36.6. The number of benzene rings is 8. The summed E-state index contributed by atoms with van der Waals surface area (Å²) in [5.41, 5.74) is 10.0. The van der Waals surface area contributed by atoms with Gasteiger partial charge in [-0.1, -0.05) is 117 Å². The van der Waals surface area contributed by atoms with Crippen LogP contribution in [0.2, 0.25) is 40.2 Å². The van der Waals surface area contributed by atoms with Crippen LogP contribution in [0.4, 0.5) is 33.8 Å². The van der Waals surface area contributed by atoms with Crippen LogP contribution < -0.4 is 37.2 Å². The summed E-state index contributed by atoms with van der Waals surface area (Å²) in [6.07, 6.45) is 9.54. The van der Waals surface area contributed by atoms with Crippen molar-refractivity contribution in [3.05, 3.63) is 346 Å². The van der Waals surface area contributed by atoms with Crippen LogP contribution in [0.5, 0.6) is 0 Å². The van der Waals surface area contributed by atoms with E-state index in [1.807, 2.05) is 66.7 Å². The minimum Gasteiger partial charge on any atom is -0.463 e. The third-order valence-electron chi connectivity index (χ3n) is 17.7. The zero-order chi connectivity index (χ0) is 86.5. The van der Waals surface area contributed by atoms with Crippen molar-refractivity contribution < 1.29 is 43.1 Å². The van der Waals surface area contributed by atoms with Gasteiger partial charge in [0.05, 0.1) is 97.6 Å². The van der Waals surface area contributed by atoms with Crippen molar-refractivity contribution in [3.8, 4) is 45.0 Å². The van der Waals surface area contributed by atoms with Gasteiger partial charge >= 0.3 is 0 Å². The Morgan fingerprint density at radius 1 is 0.366 bits per heavy atom. The summed E-state index contributed by atoms with van der Waals surface area (Å²) in [6, 6.07) is 60.7. The molecule has 0 radical (unpaired) electrons. The van der Waals surface area contributed by atoms with E-state index in [0.29, 0.717) is 129 Å². The Morgan fingerprint density at radius 3 is 1.06 bits per heavy atom. The highest BCUT2D eigenvalue weighted by molar-refractivity contribution is 7.99. The number of thioether (sulfide) groups is 1. The highest BCUT2D eigenvalue weighted by atomic mass is 35.5. The van der Waals surface area contributed by atoms with Crippen LogP contribution in [0.1, 0.15) is 82.9 Å². The molecule has 0 spiro atoms. The fourth-order valence-electron chi connectivity index (χ4n) is 11.7. The second kappa shape index (κ2) is 42.0. The predicted molar refractivity (Wildman–Crippen MR) is 485 cm³/mol. The van der Waals surface area contributed by atoms with Gasteiger partial charge < -0.3 is 30.9 Å². The van der Waals surface area contributed by atoms with Gasteiger partial charge in [0.2, 0.25) is 5.95 Å². The van der Waals surface area contributed by atoms with Gasteiger partial charge in [-0.25, -0.2) is 15.1 Å². The Morgan fingerprint density at radius 2 is 0.740 bits per heavy atom. The van der Waals surface area contributed by atoms with E-state index in [0.717, 1.165) is 12.3 Å². The monoisotopic (exact) mass is 1830 g/mol. The number of aromatic nitrogens is 8. The molecule has 0 bridgehead atoms. The zero-order valence-electron chi connectivity index (χ0n) is 63.4. The van der Waals surface area contributed by atoms with E-state index in [1.54, 1.807) is 150 Å². The number of H-pyrrole nitrogens is 1. The molecule has 1 fully saturated rings. The van der Waals surface area contributed by atoms with Crippen molar-refractivity contribution in [2.24, 2.45) is 4.99 Å². The van der Waals surface area contributed by atoms with Crippen molar-refractivity contribution in [1.82, 2.24) is 50.3 Å². The molecule has 123 heavy (non-hydrogen) atoms. The smallest absolute Gasteiger partial charge is 0.291 e. The lowest BCUT2D eigenvalue weighted by Crippen LogP contribution is -2.30. The molecule has 8 amide bonds. The number of thiazole rings is 1. The number of amides is 8. The van der Waals surface area contributed by atoms with E-state index >= 15 is 0 Å². The van der Waals surface area contributed by atoms with E-state index < -0.39 is 29.5 Å². The van der Waals surface area contributed by atoms with Crippen LogP contribution in [0, 0.1) is 0 Å². The first-order valence-corrected chi connectivity index (χ1v) is 41.6. The lowest BCUT2D eigenvalue weighted by Gasteiger charge is -2.15. The molecule has 1 saturated heterocycles. The zero-order valence-corrected chi connectivity index (χ0v) is 71.1. The Hall–Kier alpha value is -13.0. The van der Waals surface area contributed by atoms with E-state index in [2.05, 4.69) is 82.3 Å². The number of hydrogen-bond acceptors (Lipinski definition) is 19. The maximum absolute atomic E-state index is 12.8. The number of aromatic amines is 1. The predicted octanol–water partition coefficient (Wildman–Crippen LogP) is 20.6. The van der Waals surface area contributed by atoms with E-state index in [-0.39, 0.29) is 77.6 Å². The standard InChI is InChI=1S/C22H16Cl2N4O3.C22H14Cl2N4O2S.C22H17Cl2N3O2S.C21H14Cl2N6O2/c2*23-17-7-5-14(12-16(17)19-3-1-2-8-25-19)27-21(30)15-6-4-13(11-18(15)24)20(29)28-22-26-9-10-31-22;23-18-7-5-15(12-17(18)20-3-1-2-8-25-20)26-21(28)16-6-4-14(11-19(16)24)22(29)27-9-10-30-13-27;22-16-7-5-13(10-15(16)18-3-1-2-8-24-18)27-20(31)14-6-4-12(9-17(14)23)19(30)28-21-25-11-26-29-21/h1-8,11-12H,9-10H2,(H,27,30)(H,26,28,29);1-12H,(H,27,30)(H,26,28,29);1-8,11-12H,9-10,13H2,(H,26,28);1-11H,(H,27,31)(H2,25,26,28,29,30). The van der Waals surface area contributed by atoms with Crippen molar-refractivity contribution in [3.63, 3.8) is 0 Å². The van der Waals surface area contributed by atoms with Gasteiger partial charge in [0.15, 0.2) is 5.13 Å². The highest BCUT2D eigenvalue weighted by Gasteiger charge is 2.25. The molecular formula is C87H61Cl8N17O9S2. The molecule has 2 aliphatic rings. The molecule has 2 aliphatic heterocycles. The molecule has 16 rings (SSSR count). The molecule has 8 aromatic carbocycles. The Labute approximate surface area is 749 Å². The third kappa shape index (κ3) is 23.4. The van der Waals surface area contributed by atoms with Gasteiger partial charge in [-0.15, -0.1) is 23.1 Å². The van der Waals surface area contributed by atoms with Gasteiger partial charge in [0, 0.05) is 116 Å². The summed E-state index contributed by atoms with van der Waals surface area (Å²) in [7, 11) is 0. The second-order valence-electron chi connectivity index (χ2n) is 25.9. The average molecular weight is 1840 g/mol. The lowest BCUT2D eigenvalue weighted by molar-refractivity contribution is 0.0800. The molecule has 0 saturated carbocycles. The van der Waals surface area contributed by atoms with Crippen molar-refractivity contribution >= 4 is 203 Å². The van der Waals surface area contributed by atoms with Gasteiger partial charge in [0.1, 0.15) is 12.9 Å². The molecule has 616 valence electrons. The van der Waals surface area contributed by atoms with Crippen LogP contribution in [0.15, 0.2) is 266 Å². The SMILES string of the molecule is O=C(NC1=NCCO1)c1ccc(C(=O)Nc2ccc(Cl)c(-c3ccccn3)c2)c(Cl)c1.O=C(Nc1ccc(Cl)c(-c2ccccn2)c1)c1ccc(C(=O)N2CCSC2)cc1Cl.O=C(Nc1nccs1)c1ccc(C(=O)Nc2ccc(Cl)c(-c3ccccn3)c2)c(Cl)c1.O=C(Nc1ncn[nH]1)c1ccc(C(=O)Nc2ccc(Cl)c(-c3ccccn3)c2)c(Cl)c1. The fraction of sp³-hybridized carbons (Fsp3) is 0.0575. The molecular weight excluding hydrogens is 1770 g/mol. The quantitative estimate of drug-likeness (QED) is 0.0395. The minimum atomic E-state index is -0.441. The minimum absolute atomic E-state index is 0.0773. The van der Waals surface area contributed by atoms with E-state index in [1.165, 1.54) is 72.3 Å². The van der Waals surface area contributed by atoms with E-state index in [9.17, 15) is 38.4 Å². The van der Waals surface area contributed by atoms with Crippen molar-refractivity contribution in [2.75, 3.05) is 63.2 Å². The van der Waals surface area contributed by atoms with Crippen LogP contribution in [-0.4, -0.2) is 130 Å². The Balaban J connectivity index is 0.000000141. The number of carbonyl (C=O) groups is 8. The molecule has 14 aromatic rings. The van der Waals surface area contributed by atoms with Crippen molar-refractivity contribution in [1.29, 1.82) is 0 Å². The number of carbonyl (C=O) groups excluding carboxylic acids is 8. The number of rotatable bonds is 18. The number of halogens is 8. The van der Waals surface area contributed by atoms with Crippen LogP contribution in [0.3, 0.4) is 0 Å². The summed E-state index contributed by atoms with van der Waals surface area (Å²) in [5, 5.41) is 30.1. The molecule has 0 aliphatic carbocycles. The molecule has 26 nitrogen and oxygen atoms in total. The molecule has 8 N–H and O–H groups in total. The number of nitrogens with zero attached hydrogens (tertiary/aromatic N) is 9. The highest BCUT2D eigenvalue weighted by Crippen LogP contribution is 2.36. The lowest BCUT2D eigenvalue weighted by atomic mass is 10.1. The van der Waals surface area contributed by atoms with Crippen LogP contribution in [0.25, 0.3) is 45.0 Å². The van der Waals surface area contributed by atoms with Gasteiger partial charge in [0.25, 0.3) is 53.3 Å². The summed E-state index contributed by atoms with van der Waals surface area (Å²) in [5.74, 6) is -1.12. The molecule has 0 unspecified atom stereocenters. The summed E-state index contributed by atoms with van der Waals surface area (Å²) >= 11 is 53.3. The van der Waals surface area contributed by atoms with Crippen LogP contribution >= 0.6 is 116 Å². The molecule has 36 heteroatoms. The summed E-state index contributed by atoms with van der Waals surface area (Å²) in [6.45, 7) is 1.66. The first kappa shape index (κ1) is 87.8. The number of nitrogens with one attached hydrogen (secondary N) is 8. The van der Waals surface area contributed by atoms with Gasteiger partial charge in [-0.2, -0.15) is 10.1 Å². The topological polar surface area (TPSA) is 352 Å². The maximum atomic E-state index is 12.8. The van der Waals surface area contributed by atoms with Crippen molar-refractivity contribution in [2.45, 2.75) is 0 Å². The summed E-state index contributed by atoms with van der Waals surface area (Å²) < 4.78 is 5.16. The van der Waals surface area contributed by atoms with Gasteiger partial charge in [-0.3, -0.25) is 74.2 Å². The first-order chi connectivity index (χ1) is 59.5. The number of aliphatic imine (C=N–C) groups is 1. The largest absolute Gasteiger partial charge is 0.463 e. The van der Waals surface area contributed by atoms with E-state index in [4.69, 9.17) is 97.5 Å². The Kier molecular flexibility index (Phi) is 30.0. The molecule has 0 atom stereocenters. The fourth-order valence-corrected chi connectivity index (χ4v) is 15.1. The van der Waals surface area contributed by atoms with Crippen LogP contribution in [-0.2, 0) is 4.74 Å². The summed E-state index contributed by atoms with van der Waals surface area (Å²) in [4.78, 5) is 131. The second-order valence-corrected chi connectivity index (χ2v) is 31.1. The maximum Gasteiger partial charge on any atom is 0.291 e. The normalized spacial score (nSPS) is 11.7. The Bertz CT molecular complexity index is 6100. The third-order valence-corrected chi connectivity index (χ3v) is 21.9. The number of anilines is 6.